The van der Waals surface area contributed by atoms with Gasteiger partial charge in [-0.15, -0.1) is 5.10 Å². The van der Waals surface area contributed by atoms with Gasteiger partial charge < -0.3 is 5.32 Å². The van der Waals surface area contributed by atoms with E-state index < -0.39 is 0 Å². The van der Waals surface area contributed by atoms with E-state index in [1.54, 1.807) is 0 Å². The summed E-state index contributed by atoms with van der Waals surface area (Å²) in [6, 6.07) is 8.10. The number of H-pyrrole nitrogens is 1. The van der Waals surface area contributed by atoms with Crippen molar-refractivity contribution in [2.75, 3.05) is 5.75 Å². The van der Waals surface area contributed by atoms with E-state index in [0.717, 1.165) is 11.4 Å². The SMILES string of the molecule is Cc1ccc(CNC(=O)CSc2n[nH]c(C)n2)cc1. The molecule has 0 aliphatic rings. The molecule has 1 amide bonds. The first-order chi connectivity index (χ1) is 9.13. The molecule has 0 bridgehead atoms. The molecule has 2 aromatic rings. The van der Waals surface area contributed by atoms with Crippen molar-refractivity contribution in [3.63, 3.8) is 0 Å². The van der Waals surface area contributed by atoms with Gasteiger partial charge in [-0.1, -0.05) is 41.6 Å². The van der Waals surface area contributed by atoms with E-state index in [-0.39, 0.29) is 5.91 Å². The highest BCUT2D eigenvalue weighted by atomic mass is 32.2. The second-order valence-electron chi connectivity index (χ2n) is 4.25. The van der Waals surface area contributed by atoms with E-state index in [2.05, 4.69) is 20.5 Å². The molecule has 1 heterocycles. The Hall–Kier alpha value is -1.82. The topological polar surface area (TPSA) is 70.7 Å². The number of aryl methyl sites for hydroxylation is 2. The maximum absolute atomic E-state index is 11.7. The fraction of sp³-hybridized carbons (Fsp3) is 0.308. The highest BCUT2D eigenvalue weighted by molar-refractivity contribution is 7.99. The predicted octanol–water partition coefficient (Wildman–Crippen LogP) is 1.83. The van der Waals surface area contributed by atoms with Crippen LogP contribution in [0.25, 0.3) is 0 Å². The van der Waals surface area contributed by atoms with Gasteiger partial charge in [-0.25, -0.2) is 4.98 Å². The van der Waals surface area contributed by atoms with Gasteiger partial charge in [0.1, 0.15) is 5.82 Å². The summed E-state index contributed by atoms with van der Waals surface area (Å²) >= 11 is 1.32. The largest absolute Gasteiger partial charge is 0.351 e. The van der Waals surface area contributed by atoms with Gasteiger partial charge in [0, 0.05) is 6.54 Å². The first-order valence-electron chi connectivity index (χ1n) is 5.97. The lowest BCUT2D eigenvalue weighted by atomic mass is 10.1. The molecule has 0 atom stereocenters. The van der Waals surface area contributed by atoms with E-state index in [9.17, 15) is 4.79 Å². The minimum absolute atomic E-state index is 0.0203. The standard InChI is InChI=1S/C13H16N4OS/c1-9-3-5-11(6-4-9)7-14-12(18)8-19-13-15-10(2)16-17-13/h3-6H,7-8H2,1-2H3,(H,14,18)(H,15,16,17). The second kappa shape index (κ2) is 6.38. The van der Waals surface area contributed by atoms with Crippen LogP contribution in [0.3, 0.4) is 0 Å². The van der Waals surface area contributed by atoms with Crippen LogP contribution in [0.2, 0.25) is 0 Å². The average molecular weight is 276 g/mol. The zero-order chi connectivity index (χ0) is 13.7. The molecule has 0 unspecified atom stereocenters. The van der Waals surface area contributed by atoms with Gasteiger partial charge in [0.05, 0.1) is 5.75 Å². The van der Waals surface area contributed by atoms with Crippen LogP contribution in [0.15, 0.2) is 29.4 Å². The maximum Gasteiger partial charge on any atom is 0.230 e. The third-order valence-corrected chi connectivity index (χ3v) is 3.37. The molecule has 6 heteroatoms. The lowest BCUT2D eigenvalue weighted by molar-refractivity contribution is -0.118. The van der Waals surface area contributed by atoms with E-state index in [0.29, 0.717) is 17.5 Å². The Balaban J connectivity index is 1.74. The quantitative estimate of drug-likeness (QED) is 0.817. The van der Waals surface area contributed by atoms with E-state index in [4.69, 9.17) is 0 Å². The highest BCUT2D eigenvalue weighted by Gasteiger charge is 2.06. The molecule has 0 saturated heterocycles. The Labute approximate surface area is 116 Å². The van der Waals surface area contributed by atoms with Gasteiger partial charge in [0.25, 0.3) is 0 Å². The molecule has 19 heavy (non-hydrogen) atoms. The number of benzene rings is 1. The minimum Gasteiger partial charge on any atom is -0.351 e. The zero-order valence-corrected chi connectivity index (χ0v) is 11.8. The normalized spacial score (nSPS) is 10.4. The Morgan fingerprint density at radius 2 is 2.05 bits per heavy atom. The number of carbonyl (C=O) groups is 1. The molecule has 0 aliphatic heterocycles. The van der Waals surface area contributed by atoms with Crippen LogP contribution in [0.4, 0.5) is 0 Å². The second-order valence-corrected chi connectivity index (χ2v) is 5.20. The monoisotopic (exact) mass is 276 g/mol. The van der Waals surface area contributed by atoms with Crippen LogP contribution in [0.1, 0.15) is 17.0 Å². The average Bonchev–Trinajstić information content (AvgIpc) is 2.81. The molecule has 0 spiro atoms. The summed E-state index contributed by atoms with van der Waals surface area (Å²) in [6.45, 7) is 4.42. The first-order valence-corrected chi connectivity index (χ1v) is 6.96. The molecule has 100 valence electrons. The lowest BCUT2D eigenvalue weighted by Gasteiger charge is -2.04. The van der Waals surface area contributed by atoms with Crippen LogP contribution in [0.5, 0.6) is 0 Å². The molecule has 0 aliphatic carbocycles. The van der Waals surface area contributed by atoms with E-state index in [1.807, 2.05) is 38.1 Å². The van der Waals surface area contributed by atoms with Crippen molar-refractivity contribution < 1.29 is 4.79 Å². The maximum atomic E-state index is 11.7. The number of carbonyl (C=O) groups excluding carboxylic acids is 1. The van der Waals surface area contributed by atoms with E-state index in [1.165, 1.54) is 17.3 Å². The summed E-state index contributed by atoms with van der Waals surface area (Å²) in [7, 11) is 0. The number of amides is 1. The molecule has 0 fully saturated rings. The van der Waals surface area contributed by atoms with Gasteiger partial charge in [-0.2, -0.15) is 0 Å². The van der Waals surface area contributed by atoms with Crippen molar-refractivity contribution in [1.82, 2.24) is 20.5 Å². The number of thioether (sulfide) groups is 1. The smallest absolute Gasteiger partial charge is 0.230 e. The Morgan fingerprint density at radius 3 is 2.68 bits per heavy atom. The fourth-order valence-electron chi connectivity index (χ4n) is 1.47. The summed E-state index contributed by atoms with van der Waals surface area (Å²) in [5, 5.41) is 10.2. The number of hydrogen-bond donors (Lipinski definition) is 2. The van der Waals surface area contributed by atoms with Crippen LogP contribution in [-0.4, -0.2) is 26.8 Å². The summed E-state index contributed by atoms with van der Waals surface area (Å²) in [4.78, 5) is 15.8. The van der Waals surface area contributed by atoms with Gasteiger partial charge in [0.2, 0.25) is 11.1 Å². The summed E-state index contributed by atoms with van der Waals surface area (Å²) in [6.07, 6.45) is 0. The van der Waals surface area contributed by atoms with Crippen molar-refractivity contribution >= 4 is 17.7 Å². The van der Waals surface area contributed by atoms with E-state index >= 15 is 0 Å². The zero-order valence-electron chi connectivity index (χ0n) is 10.9. The highest BCUT2D eigenvalue weighted by Crippen LogP contribution is 2.11. The predicted molar refractivity (Wildman–Crippen MR) is 74.9 cm³/mol. The van der Waals surface area contributed by atoms with Crippen LogP contribution in [0, 0.1) is 13.8 Å². The van der Waals surface area contributed by atoms with Gasteiger partial charge in [-0.3, -0.25) is 9.89 Å². The molecule has 1 aromatic carbocycles. The van der Waals surface area contributed by atoms with Crippen molar-refractivity contribution in [2.45, 2.75) is 25.5 Å². The van der Waals surface area contributed by atoms with Crippen molar-refractivity contribution in [3.05, 3.63) is 41.2 Å². The molecule has 1 aromatic heterocycles. The fourth-order valence-corrected chi connectivity index (χ4v) is 2.15. The summed E-state index contributed by atoms with van der Waals surface area (Å²) in [5.74, 6) is 1.05. The van der Waals surface area contributed by atoms with Crippen LogP contribution in [-0.2, 0) is 11.3 Å². The van der Waals surface area contributed by atoms with Crippen LogP contribution < -0.4 is 5.32 Å². The Morgan fingerprint density at radius 1 is 1.32 bits per heavy atom. The Bertz CT molecular complexity index is 550. The van der Waals surface area contributed by atoms with Crippen molar-refractivity contribution in [1.29, 1.82) is 0 Å². The van der Waals surface area contributed by atoms with Gasteiger partial charge >= 0.3 is 0 Å². The van der Waals surface area contributed by atoms with Gasteiger partial charge in [0.15, 0.2) is 0 Å². The first kappa shape index (κ1) is 13.6. The third kappa shape index (κ3) is 4.40. The summed E-state index contributed by atoms with van der Waals surface area (Å²) < 4.78 is 0. The number of nitrogens with one attached hydrogen (secondary N) is 2. The molecule has 0 radical (unpaired) electrons. The number of nitrogens with zero attached hydrogens (tertiary/aromatic N) is 2. The number of rotatable bonds is 5. The summed E-state index contributed by atoms with van der Waals surface area (Å²) in [5.41, 5.74) is 2.31. The molecule has 2 N–H and O–H groups in total. The number of aromatic amines is 1. The minimum atomic E-state index is -0.0203. The number of aromatic nitrogens is 3. The van der Waals surface area contributed by atoms with Crippen molar-refractivity contribution in [3.8, 4) is 0 Å². The number of hydrogen-bond acceptors (Lipinski definition) is 4. The molecular formula is C13H16N4OS. The van der Waals surface area contributed by atoms with Gasteiger partial charge in [-0.05, 0) is 19.4 Å². The van der Waals surface area contributed by atoms with Crippen molar-refractivity contribution in [2.24, 2.45) is 0 Å². The van der Waals surface area contributed by atoms with Crippen LogP contribution >= 0.6 is 11.8 Å². The molecule has 2 rings (SSSR count). The molecular weight excluding hydrogens is 260 g/mol. The lowest BCUT2D eigenvalue weighted by Crippen LogP contribution is -2.24. The Kier molecular flexibility index (Phi) is 4.57. The molecule has 0 saturated carbocycles. The molecule has 5 nitrogen and oxygen atoms in total. The third-order valence-electron chi connectivity index (χ3n) is 2.52.